The predicted octanol–water partition coefficient (Wildman–Crippen LogP) is 0.567. The van der Waals surface area contributed by atoms with Gasteiger partial charge in [-0.3, -0.25) is 0 Å². The standard InChI is InChI=1S/C5H10NO2/c1-3-6-5(7)8-4-2/h2-4H2,1H3,(H,6,7)/q-1. The minimum atomic E-state index is -0.400. The molecule has 1 N–H and O–H groups in total. The number of rotatable bonds is 2. The van der Waals surface area contributed by atoms with Gasteiger partial charge in [0.15, 0.2) is 0 Å². The number of carbonyl (C=O) groups excluding carboxylic acids is 1. The van der Waals surface area contributed by atoms with Crippen molar-refractivity contribution in [2.75, 3.05) is 13.2 Å². The van der Waals surface area contributed by atoms with Crippen LogP contribution in [0.5, 0.6) is 0 Å². The second-order valence-electron chi connectivity index (χ2n) is 1.17. The zero-order chi connectivity index (χ0) is 6.41. The monoisotopic (exact) mass is 116 g/mol. The fourth-order valence-corrected chi connectivity index (χ4v) is 0.288. The molecule has 0 aromatic carbocycles. The Kier molecular flexibility index (Phi) is 4.03. The molecule has 0 rings (SSSR count). The molecule has 0 aliphatic carbocycles. The van der Waals surface area contributed by atoms with Crippen LogP contribution in [0.2, 0.25) is 0 Å². The third-order valence-corrected chi connectivity index (χ3v) is 0.554. The SMILES string of the molecule is [CH2-]COC(=O)NCC. The highest BCUT2D eigenvalue weighted by Gasteiger charge is 1.90. The van der Waals surface area contributed by atoms with Gasteiger partial charge >= 0.3 is 6.09 Å². The second-order valence-corrected chi connectivity index (χ2v) is 1.17. The number of hydrogen-bond donors (Lipinski definition) is 1. The first-order valence-electron chi connectivity index (χ1n) is 2.51. The van der Waals surface area contributed by atoms with Crippen molar-refractivity contribution in [3.8, 4) is 0 Å². The maximum atomic E-state index is 10.3. The Labute approximate surface area is 49.0 Å². The summed E-state index contributed by atoms with van der Waals surface area (Å²) < 4.78 is 4.42. The molecule has 0 atom stereocenters. The van der Waals surface area contributed by atoms with E-state index in [1.807, 2.05) is 6.92 Å². The molecule has 3 heteroatoms. The van der Waals surface area contributed by atoms with Crippen molar-refractivity contribution in [2.24, 2.45) is 0 Å². The van der Waals surface area contributed by atoms with E-state index in [1.54, 1.807) is 0 Å². The molecule has 0 aliphatic heterocycles. The quantitative estimate of drug-likeness (QED) is 0.535. The Hall–Kier alpha value is -0.730. The van der Waals surface area contributed by atoms with Crippen molar-refractivity contribution in [2.45, 2.75) is 6.92 Å². The molecular weight excluding hydrogens is 106 g/mol. The summed E-state index contributed by atoms with van der Waals surface area (Å²) in [6, 6.07) is 0. The van der Waals surface area contributed by atoms with Crippen LogP contribution in [0.15, 0.2) is 0 Å². The van der Waals surface area contributed by atoms with Gasteiger partial charge in [0.2, 0.25) is 0 Å². The molecule has 0 radical (unpaired) electrons. The van der Waals surface area contributed by atoms with Crippen molar-refractivity contribution in [3.05, 3.63) is 6.92 Å². The summed E-state index contributed by atoms with van der Waals surface area (Å²) in [4.78, 5) is 10.3. The summed E-state index contributed by atoms with van der Waals surface area (Å²) in [6.07, 6.45) is -0.400. The molecule has 0 heterocycles. The molecule has 0 aromatic heterocycles. The van der Waals surface area contributed by atoms with Crippen LogP contribution in [-0.4, -0.2) is 19.2 Å². The minimum Gasteiger partial charge on any atom is -0.483 e. The van der Waals surface area contributed by atoms with Crippen LogP contribution in [0.3, 0.4) is 0 Å². The van der Waals surface area contributed by atoms with Gasteiger partial charge in [0.1, 0.15) is 0 Å². The molecule has 1 amide bonds. The van der Waals surface area contributed by atoms with Crippen molar-refractivity contribution >= 4 is 6.09 Å². The summed E-state index contributed by atoms with van der Waals surface area (Å²) in [5, 5.41) is 2.45. The third kappa shape index (κ3) is 3.46. The van der Waals surface area contributed by atoms with Crippen molar-refractivity contribution in [3.63, 3.8) is 0 Å². The van der Waals surface area contributed by atoms with Crippen LogP contribution >= 0.6 is 0 Å². The van der Waals surface area contributed by atoms with E-state index in [-0.39, 0.29) is 6.61 Å². The van der Waals surface area contributed by atoms with Gasteiger partial charge in [-0.05, 0) is 13.5 Å². The molecule has 0 unspecified atom stereocenters. The van der Waals surface area contributed by atoms with Crippen LogP contribution in [0.1, 0.15) is 6.92 Å². The first-order chi connectivity index (χ1) is 3.81. The van der Waals surface area contributed by atoms with Crippen LogP contribution in [0.4, 0.5) is 4.79 Å². The number of nitrogens with one attached hydrogen (secondary N) is 1. The third-order valence-electron chi connectivity index (χ3n) is 0.554. The highest BCUT2D eigenvalue weighted by molar-refractivity contribution is 5.66. The lowest BCUT2D eigenvalue weighted by Gasteiger charge is -2.02. The summed E-state index contributed by atoms with van der Waals surface area (Å²) in [7, 11) is 0. The molecule has 8 heavy (non-hydrogen) atoms. The molecule has 0 fully saturated rings. The molecular formula is C5H10NO2-. The Morgan fingerprint density at radius 2 is 2.50 bits per heavy atom. The van der Waals surface area contributed by atoms with Gasteiger partial charge < -0.3 is 17.0 Å². The normalized spacial score (nSPS) is 8.25. The summed E-state index contributed by atoms with van der Waals surface area (Å²) in [5.41, 5.74) is 0. The Morgan fingerprint density at radius 3 is 2.88 bits per heavy atom. The largest absolute Gasteiger partial charge is 0.483 e. The number of ether oxygens (including phenoxy) is 1. The second kappa shape index (κ2) is 4.43. The van der Waals surface area contributed by atoms with Gasteiger partial charge in [0, 0.05) is 6.54 Å². The van der Waals surface area contributed by atoms with E-state index in [9.17, 15) is 4.79 Å². The number of hydrogen-bond acceptors (Lipinski definition) is 2. The minimum absolute atomic E-state index is 0.186. The highest BCUT2D eigenvalue weighted by atomic mass is 16.5. The molecule has 0 bridgehead atoms. The maximum absolute atomic E-state index is 10.3. The van der Waals surface area contributed by atoms with E-state index >= 15 is 0 Å². The van der Waals surface area contributed by atoms with Crippen molar-refractivity contribution < 1.29 is 9.53 Å². The fraction of sp³-hybridized carbons (Fsp3) is 0.600. The zero-order valence-corrected chi connectivity index (χ0v) is 4.94. The average Bonchev–Trinajstić information content (AvgIpc) is 1.68. The lowest BCUT2D eigenvalue weighted by atomic mass is 10.7. The van der Waals surface area contributed by atoms with E-state index in [0.29, 0.717) is 6.54 Å². The molecule has 3 nitrogen and oxygen atoms in total. The summed E-state index contributed by atoms with van der Waals surface area (Å²) in [5.74, 6) is 0. The molecule has 0 aliphatic rings. The van der Waals surface area contributed by atoms with Gasteiger partial charge in [-0.2, -0.15) is 0 Å². The molecule has 0 aromatic rings. The van der Waals surface area contributed by atoms with Gasteiger partial charge in [-0.15, -0.1) is 0 Å². The van der Waals surface area contributed by atoms with Gasteiger partial charge in [0.05, 0.1) is 0 Å². The average molecular weight is 116 g/mol. The van der Waals surface area contributed by atoms with Crippen molar-refractivity contribution in [1.82, 2.24) is 5.32 Å². The van der Waals surface area contributed by atoms with E-state index in [4.69, 9.17) is 0 Å². The fourth-order valence-electron chi connectivity index (χ4n) is 0.288. The van der Waals surface area contributed by atoms with Crippen LogP contribution < -0.4 is 5.32 Å². The first kappa shape index (κ1) is 7.27. The van der Waals surface area contributed by atoms with Crippen LogP contribution in [0.25, 0.3) is 0 Å². The number of alkyl carbamates (subject to hydrolysis) is 1. The number of carbonyl (C=O) groups is 1. The highest BCUT2D eigenvalue weighted by Crippen LogP contribution is 1.72. The lowest BCUT2D eigenvalue weighted by molar-refractivity contribution is 0.158. The van der Waals surface area contributed by atoms with Crippen LogP contribution in [-0.2, 0) is 4.74 Å². The van der Waals surface area contributed by atoms with Gasteiger partial charge in [-0.1, -0.05) is 0 Å². The molecule has 0 saturated heterocycles. The molecule has 48 valence electrons. The predicted molar refractivity (Wildman–Crippen MR) is 30.4 cm³/mol. The van der Waals surface area contributed by atoms with Crippen LogP contribution in [0, 0.1) is 6.92 Å². The summed E-state index contributed by atoms with van der Waals surface area (Å²) in [6.45, 7) is 5.93. The zero-order valence-electron chi connectivity index (χ0n) is 4.94. The lowest BCUT2D eigenvalue weighted by Crippen LogP contribution is -2.23. The smallest absolute Gasteiger partial charge is 0.404 e. The molecule has 0 saturated carbocycles. The molecule has 0 spiro atoms. The van der Waals surface area contributed by atoms with Gasteiger partial charge in [0.25, 0.3) is 0 Å². The van der Waals surface area contributed by atoms with E-state index in [2.05, 4.69) is 17.0 Å². The Balaban J connectivity index is 3.06. The van der Waals surface area contributed by atoms with Crippen molar-refractivity contribution in [1.29, 1.82) is 0 Å². The van der Waals surface area contributed by atoms with E-state index < -0.39 is 6.09 Å². The topological polar surface area (TPSA) is 38.3 Å². The van der Waals surface area contributed by atoms with E-state index in [0.717, 1.165) is 0 Å². The maximum Gasteiger partial charge on any atom is 0.404 e. The Morgan fingerprint density at radius 1 is 1.88 bits per heavy atom. The first-order valence-corrected chi connectivity index (χ1v) is 2.51. The summed E-state index contributed by atoms with van der Waals surface area (Å²) >= 11 is 0. The van der Waals surface area contributed by atoms with Gasteiger partial charge in [-0.25, -0.2) is 4.79 Å². The number of amides is 1. The Bertz CT molecular complexity index is 64.8. The van der Waals surface area contributed by atoms with E-state index in [1.165, 1.54) is 0 Å².